The molecule has 0 aliphatic carbocycles. The van der Waals surface area contributed by atoms with Crippen molar-refractivity contribution in [3.05, 3.63) is 59.9 Å². The number of rotatable bonds is 3. The highest BCUT2D eigenvalue weighted by molar-refractivity contribution is 6.04. The van der Waals surface area contributed by atoms with E-state index in [0.717, 1.165) is 5.56 Å². The molecule has 100 valence electrons. The Morgan fingerprint density at radius 3 is 2.95 bits per heavy atom. The van der Waals surface area contributed by atoms with Crippen molar-refractivity contribution < 1.29 is 9.90 Å². The van der Waals surface area contributed by atoms with Gasteiger partial charge in [0.1, 0.15) is 0 Å². The Labute approximate surface area is 117 Å². The number of amides is 1. The average Bonchev–Trinajstić information content (AvgIpc) is 2.49. The van der Waals surface area contributed by atoms with Gasteiger partial charge in [-0.25, -0.2) is 0 Å². The Balaban J connectivity index is 2.11. The number of nitrogens with one attached hydrogen (secondary N) is 1. The summed E-state index contributed by atoms with van der Waals surface area (Å²) in [7, 11) is 0. The average molecular weight is 266 g/mol. The van der Waals surface area contributed by atoms with E-state index in [1.165, 1.54) is 0 Å². The predicted octanol–water partition coefficient (Wildman–Crippen LogP) is 2.07. The number of aliphatic hydroxyl groups is 1. The second kappa shape index (κ2) is 7.07. The SMILES string of the molecule is O=C(Nc1cccnc1)c1cccc(C#CCCO)c1. The zero-order valence-corrected chi connectivity index (χ0v) is 10.8. The third kappa shape index (κ3) is 3.94. The molecule has 2 rings (SSSR count). The summed E-state index contributed by atoms with van der Waals surface area (Å²) >= 11 is 0. The van der Waals surface area contributed by atoms with Gasteiger partial charge in [-0.3, -0.25) is 9.78 Å². The highest BCUT2D eigenvalue weighted by atomic mass is 16.2. The van der Waals surface area contributed by atoms with Crippen LogP contribution >= 0.6 is 0 Å². The van der Waals surface area contributed by atoms with Crippen LogP contribution in [0.2, 0.25) is 0 Å². The van der Waals surface area contributed by atoms with E-state index in [-0.39, 0.29) is 12.5 Å². The van der Waals surface area contributed by atoms with E-state index in [9.17, 15) is 4.79 Å². The first-order valence-corrected chi connectivity index (χ1v) is 6.21. The molecular weight excluding hydrogens is 252 g/mol. The predicted molar refractivity (Wildman–Crippen MR) is 77.2 cm³/mol. The second-order valence-electron chi connectivity index (χ2n) is 4.05. The van der Waals surface area contributed by atoms with E-state index in [4.69, 9.17) is 5.11 Å². The number of nitrogens with zero attached hydrogens (tertiary/aromatic N) is 1. The number of hydrogen-bond acceptors (Lipinski definition) is 3. The van der Waals surface area contributed by atoms with Gasteiger partial charge in [0.2, 0.25) is 0 Å². The van der Waals surface area contributed by atoms with Crippen molar-refractivity contribution in [3.63, 3.8) is 0 Å². The monoisotopic (exact) mass is 266 g/mol. The minimum absolute atomic E-state index is 0.0359. The fourth-order valence-corrected chi connectivity index (χ4v) is 1.60. The molecule has 1 heterocycles. The maximum absolute atomic E-state index is 12.1. The summed E-state index contributed by atoms with van der Waals surface area (Å²) in [5.74, 6) is 5.52. The molecule has 0 spiro atoms. The quantitative estimate of drug-likeness (QED) is 0.836. The van der Waals surface area contributed by atoms with Crippen molar-refractivity contribution in [2.75, 3.05) is 11.9 Å². The molecule has 0 saturated heterocycles. The van der Waals surface area contributed by atoms with Crippen LogP contribution in [-0.2, 0) is 0 Å². The van der Waals surface area contributed by atoms with Crippen molar-refractivity contribution in [3.8, 4) is 11.8 Å². The van der Waals surface area contributed by atoms with Gasteiger partial charge < -0.3 is 10.4 Å². The maximum Gasteiger partial charge on any atom is 0.255 e. The van der Waals surface area contributed by atoms with Gasteiger partial charge in [-0.05, 0) is 30.3 Å². The third-order valence-corrected chi connectivity index (χ3v) is 2.51. The van der Waals surface area contributed by atoms with Crippen molar-refractivity contribution in [2.24, 2.45) is 0 Å². The molecule has 2 N–H and O–H groups in total. The van der Waals surface area contributed by atoms with E-state index in [2.05, 4.69) is 22.1 Å². The van der Waals surface area contributed by atoms with Crippen LogP contribution in [0, 0.1) is 11.8 Å². The molecule has 1 amide bonds. The van der Waals surface area contributed by atoms with Crippen LogP contribution in [-0.4, -0.2) is 22.6 Å². The summed E-state index contributed by atoms with van der Waals surface area (Å²) in [5, 5.41) is 11.4. The summed E-state index contributed by atoms with van der Waals surface area (Å²) in [5.41, 5.74) is 1.93. The van der Waals surface area contributed by atoms with Gasteiger partial charge in [0.05, 0.1) is 18.5 Å². The molecule has 0 bridgehead atoms. The first-order chi connectivity index (χ1) is 9.79. The van der Waals surface area contributed by atoms with Gasteiger partial charge in [-0.15, -0.1) is 0 Å². The summed E-state index contributed by atoms with van der Waals surface area (Å²) in [6.07, 6.45) is 3.65. The van der Waals surface area contributed by atoms with Crippen LogP contribution in [0.1, 0.15) is 22.3 Å². The summed E-state index contributed by atoms with van der Waals surface area (Å²) < 4.78 is 0. The van der Waals surface area contributed by atoms with E-state index >= 15 is 0 Å². The number of anilines is 1. The van der Waals surface area contributed by atoms with Gasteiger partial charge in [0.25, 0.3) is 5.91 Å². The van der Waals surface area contributed by atoms with E-state index in [0.29, 0.717) is 17.7 Å². The Morgan fingerprint density at radius 2 is 2.20 bits per heavy atom. The lowest BCUT2D eigenvalue weighted by atomic mass is 10.1. The van der Waals surface area contributed by atoms with Gasteiger partial charge in [-0.2, -0.15) is 0 Å². The van der Waals surface area contributed by atoms with Gasteiger partial charge >= 0.3 is 0 Å². The van der Waals surface area contributed by atoms with Crippen molar-refractivity contribution in [2.45, 2.75) is 6.42 Å². The Kier molecular flexibility index (Phi) is 4.87. The topological polar surface area (TPSA) is 62.2 Å². The fraction of sp³-hybridized carbons (Fsp3) is 0.125. The molecule has 0 atom stereocenters. The molecule has 0 aliphatic rings. The largest absolute Gasteiger partial charge is 0.395 e. The molecule has 4 heteroatoms. The smallest absolute Gasteiger partial charge is 0.255 e. The normalized spacial score (nSPS) is 9.45. The lowest BCUT2D eigenvalue weighted by Crippen LogP contribution is -2.11. The third-order valence-electron chi connectivity index (χ3n) is 2.51. The Bertz CT molecular complexity index is 642. The molecule has 1 aromatic carbocycles. The number of carbonyl (C=O) groups is 1. The molecular formula is C16H14N2O2. The summed E-state index contributed by atoms with van der Waals surface area (Å²) in [6.45, 7) is 0.0359. The molecule has 0 radical (unpaired) electrons. The zero-order valence-electron chi connectivity index (χ0n) is 10.8. The molecule has 0 fully saturated rings. The number of pyridine rings is 1. The van der Waals surface area contributed by atoms with Crippen molar-refractivity contribution >= 4 is 11.6 Å². The fourth-order valence-electron chi connectivity index (χ4n) is 1.60. The van der Waals surface area contributed by atoms with Crippen LogP contribution < -0.4 is 5.32 Å². The second-order valence-corrected chi connectivity index (χ2v) is 4.05. The number of carbonyl (C=O) groups excluding carboxylic acids is 1. The molecule has 20 heavy (non-hydrogen) atoms. The molecule has 4 nitrogen and oxygen atoms in total. The Hall–Kier alpha value is -2.64. The van der Waals surface area contributed by atoms with Crippen LogP contribution in [0.15, 0.2) is 48.8 Å². The van der Waals surface area contributed by atoms with Gasteiger partial charge in [-0.1, -0.05) is 17.9 Å². The minimum atomic E-state index is -0.205. The molecule has 0 aliphatic heterocycles. The van der Waals surface area contributed by atoms with E-state index < -0.39 is 0 Å². The minimum Gasteiger partial charge on any atom is -0.395 e. The number of aliphatic hydroxyl groups excluding tert-OH is 1. The van der Waals surface area contributed by atoms with E-state index in [1.54, 1.807) is 42.7 Å². The zero-order chi connectivity index (χ0) is 14.2. The Morgan fingerprint density at radius 1 is 1.30 bits per heavy atom. The van der Waals surface area contributed by atoms with Crippen molar-refractivity contribution in [1.82, 2.24) is 4.98 Å². The van der Waals surface area contributed by atoms with Gasteiger partial charge in [0.15, 0.2) is 0 Å². The first kappa shape index (κ1) is 13.8. The van der Waals surface area contributed by atoms with Gasteiger partial charge in [0, 0.05) is 23.7 Å². The van der Waals surface area contributed by atoms with E-state index in [1.807, 2.05) is 6.07 Å². The highest BCUT2D eigenvalue weighted by Crippen LogP contribution is 2.09. The van der Waals surface area contributed by atoms with Crippen LogP contribution in [0.5, 0.6) is 0 Å². The van der Waals surface area contributed by atoms with Crippen LogP contribution in [0.3, 0.4) is 0 Å². The molecule has 0 saturated carbocycles. The molecule has 1 aromatic heterocycles. The maximum atomic E-state index is 12.1. The lowest BCUT2D eigenvalue weighted by Gasteiger charge is -2.04. The first-order valence-electron chi connectivity index (χ1n) is 6.21. The lowest BCUT2D eigenvalue weighted by molar-refractivity contribution is 0.102. The number of aromatic nitrogens is 1. The number of hydrogen-bond donors (Lipinski definition) is 2. The number of benzene rings is 1. The highest BCUT2D eigenvalue weighted by Gasteiger charge is 2.06. The summed E-state index contributed by atoms with van der Waals surface area (Å²) in [6, 6.07) is 10.6. The molecule has 2 aromatic rings. The van der Waals surface area contributed by atoms with Crippen LogP contribution in [0.4, 0.5) is 5.69 Å². The summed E-state index contributed by atoms with van der Waals surface area (Å²) in [4.78, 5) is 16.0. The molecule has 0 unspecified atom stereocenters. The van der Waals surface area contributed by atoms with Crippen molar-refractivity contribution in [1.29, 1.82) is 0 Å². The van der Waals surface area contributed by atoms with Crippen LogP contribution in [0.25, 0.3) is 0 Å². The standard InChI is InChI=1S/C16H14N2O2/c19-10-2-1-5-13-6-3-7-14(11-13)16(20)18-15-8-4-9-17-12-15/h3-4,6-9,11-12,19H,2,10H2,(H,18,20).